The van der Waals surface area contributed by atoms with E-state index in [4.69, 9.17) is 33.6 Å². The Kier molecular flexibility index (Phi) is 15.6. The fourth-order valence-electron chi connectivity index (χ4n) is 4.11. The Morgan fingerprint density at radius 2 is 1.24 bits per heavy atom. The lowest BCUT2D eigenvalue weighted by atomic mass is 9.96. The number of hydrogen-bond donors (Lipinski definition) is 3. The van der Waals surface area contributed by atoms with E-state index in [1.807, 2.05) is 27.7 Å². The average Bonchev–Trinajstić information content (AvgIpc) is 2.93. The molecular weight excluding hydrogens is 490 g/mol. The number of carbonyl (C=O) groups is 2. The van der Waals surface area contributed by atoms with Gasteiger partial charge in [-0.1, -0.05) is 5.16 Å². The largest absolute Gasteiger partial charge is 0.447 e. The third-order valence-corrected chi connectivity index (χ3v) is 6.36. The summed E-state index contributed by atoms with van der Waals surface area (Å²) in [5, 5.41) is 14.7. The first kappa shape index (κ1) is 32.8. The highest BCUT2D eigenvalue weighted by atomic mass is 16.6. The summed E-state index contributed by atoms with van der Waals surface area (Å²) < 4.78 is 10.2. The monoisotopic (exact) mass is 535 g/mol. The van der Waals surface area contributed by atoms with Gasteiger partial charge in [-0.05, 0) is 40.5 Å². The van der Waals surface area contributed by atoms with Crippen LogP contribution in [0.4, 0.5) is 9.59 Å². The number of rotatable bonds is 3. The van der Waals surface area contributed by atoms with Crippen molar-refractivity contribution in [3.8, 4) is 0 Å². The summed E-state index contributed by atoms with van der Waals surface area (Å²) in [6.45, 7) is 25.4. The maximum Gasteiger partial charge on any atom is 0.410 e. The van der Waals surface area contributed by atoms with E-state index in [1.165, 1.54) is 0 Å². The van der Waals surface area contributed by atoms with Gasteiger partial charge in [0.05, 0.1) is 12.2 Å². The number of nitrogens with two attached hydrogens (primary N) is 1. The number of amides is 2. The molecule has 3 aliphatic heterocycles. The quantitative estimate of drug-likeness (QED) is 0.165. The standard InChI is InChI=1S/C10H19N3O3.C10H16N2O2.C6H10N2/c1-7(2)16-10(14)13-5-3-8(4-6-13)9(11)12-15;1-8(2)14-10(13)12-6-4-9(11-3)5-7-12;1-7-6-2-4-8-5-3-6/h7-8,15H,3-6H2,1-2H3,(H2,11,12);8-9H,4-7H2,1-2H3;6,8H,2-5H2. The predicted molar refractivity (Wildman–Crippen MR) is 145 cm³/mol. The van der Waals surface area contributed by atoms with Crippen molar-refractivity contribution in [2.24, 2.45) is 16.8 Å². The van der Waals surface area contributed by atoms with Crippen molar-refractivity contribution < 1.29 is 24.3 Å². The molecule has 3 fully saturated rings. The molecule has 0 unspecified atom stereocenters. The molecule has 0 radical (unpaired) electrons. The summed E-state index contributed by atoms with van der Waals surface area (Å²) in [5.74, 6) is 0.310. The van der Waals surface area contributed by atoms with Crippen LogP contribution in [0.15, 0.2) is 5.16 Å². The zero-order valence-corrected chi connectivity index (χ0v) is 23.3. The molecule has 0 aromatic rings. The molecule has 38 heavy (non-hydrogen) atoms. The molecule has 3 heterocycles. The van der Waals surface area contributed by atoms with Crippen LogP contribution in [0.5, 0.6) is 0 Å². The van der Waals surface area contributed by atoms with Crippen LogP contribution < -0.4 is 11.1 Å². The Hall–Kier alpha value is -3.25. The number of hydrogen-bond acceptors (Lipinski definition) is 7. The van der Waals surface area contributed by atoms with E-state index in [0.29, 0.717) is 45.1 Å². The average molecular weight is 536 g/mol. The molecule has 3 aliphatic rings. The van der Waals surface area contributed by atoms with Gasteiger partial charge >= 0.3 is 12.2 Å². The second kappa shape index (κ2) is 18.1. The lowest BCUT2D eigenvalue weighted by molar-refractivity contribution is 0.0682. The SMILES string of the molecule is CC(C)OC(=O)N1CCC(/C(N)=N/O)CC1.[C-]#[N+]C1CCN(C(=O)OC(C)C)CC1.[C-]#[N+]C1CCNCC1. The van der Waals surface area contributed by atoms with Crippen LogP contribution in [-0.2, 0) is 9.47 Å². The summed E-state index contributed by atoms with van der Waals surface area (Å²) in [6, 6.07) is 0.411. The van der Waals surface area contributed by atoms with Crippen LogP contribution in [0.3, 0.4) is 0 Å². The molecule has 0 saturated carbocycles. The van der Waals surface area contributed by atoms with Crippen LogP contribution in [-0.4, -0.2) is 96.6 Å². The second-order valence-electron chi connectivity index (χ2n) is 10.1. The van der Waals surface area contributed by atoms with Crippen LogP contribution in [0.25, 0.3) is 9.69 Å². The smallest absolute Gasteiger partial charge is 0.410 e. The van der Waals surface area contributed by atoms with Gasteiger partial charge in [0.2, 0.25) is 12.1 Å². The first-order valence-corrected chi connectivity index (χ1v) is 13.4. The highest BCUT2D eigenvalue weighted by Gasteiger charge is 2.27. The maximum absolute atomic E-state index is 11.5. The third-order valence-electron chi connectivity index (χ3n) is 6.36. The summed E-state index contributed by atoms with van der Waals surface area (Å²) in [7, 11) is 0. The molecule has 12 nitrogen and oxygen atoms in total. The van der Waals surface area contributed by atoms with Crippen molar-refractivity contribution >= 4 is 18.0 Å². The number of likely N-dealkylation sites (tertiary alicyclic amines) is 2. The van der Waals surface area contributed by atoms with E-state index in [1.54, 1.807) is 9.80 Å². The van der Waals surface area contributed by atoms with Crippen molar-refractivity contribution in [1.29, 1.82) is 0 Å². The summed E-state index contributed by atoms with van der Waals surface area (Å²) in [6.07, 6.45) is 4.36. The zero-order valence-electron chi connectivity index (χ0n) is 23.3. The van der Waals surface area contributed by atoms with E-state index < -0.39 is 0 Å². The normalized spacial score (nSPS) is 19.3. The van der Waals surface area contributed by atoms with Gasteiger partial charge in [-0.25, -0.2) is 22.7 Å². The van der Waals surface area contributed by atoms with E-state index in [0.717, 1.165) is 38.8 Å². The first-order chi connectivity index (χ1) is 18.1. The molecular formula is C26H45N7O5. The second-order valence-corrected chi connectivity index (χ2v) is 10.1. The van der Waals surface area contributed by atoms with Crippen molar-refractivity contribution in [1.82, 2.24) is 15.1 Å². The van der Waals surface area contributed by atoms with Gasteiger partial charge in [0.1, 0.15) is 5.84 Å². The number of nitrogens with zero attached hydrogens (tertiary/aromatic N) is 5. The van der Waals surface area contributed by atoms with Crippen LogP contribution in [0.1, 0.15) is 66.2 Å². The number of piperidine rings is 3. The number of ether oxygens (including phenoxy) is 2. The molecule has 2 amide bonds. The highest BCUT2D eigenvalue weighted by molar-refractivity contribution is 5.82. The van der Waals surface area contributed by atoms with Gasteiger partial charge in [-0.3, -0.25) is 0 Å². The van der Waals surface area contributed by atoms with Gasteiger partial charge in [-0.15, -0.1) is 0 Å². The van der Waals surface area contributed by atoms with Crippen LogP contribution >= 0.6 is 0 Å². The molecule has 12 heteroatoms. The molecule has 0 bridgehead atoms. The summed E-state index contributed by atoms with van der Waals surface area (Å²) in [5.41, 5.74) is 5.52. The van der Waals surface area contributed by atoms with Gasteiger partial charge in [-0.2, -0.15) is 0 Å². The van der Waals surface area contributed by atoms with Crippen molar-refractivity contribution in [2.75, 3.05) is 39.3 Å². The lowest BCUT2D eigenvalue weighted by Gasteiger charge is -2.31. The summed E-state index contributed by atoms with van der Waals surface area (Å²) >= 11 is 0. The molecule has 3 rings (SSSR count). The minimum absolute atomic E-state index is 0.0631. The number of carbonyl (C=O) groups excluding carboxylic acids is 2. The molecule has 214 valence electrons. The molecule has 0 aliphatic carbocycles. The van der Waals surface area contributed by atoms with Crippen LogP contribution in [0.2, 0.25) is 0 Å². The Labute approximate surface area is 227 Å². The lowest BCUT2D eigenvalue weighted by Crippen LogP contribution is -2.42. The van der Waals surface area contributed by atoms with E-state index in [2.05, 4.69) is 20.2 Å². The maximum atomic E-state index is 11.5. The molecule has 0 aromatic heterocycles. The Morgan fingerprint density at radius 3 is 1.58 bits per heavy atom. The van der Waals surface area contributed by atoms with Gasteiger partial charge < -0.3 is 45.2 Å². The van der Waals surface area contributed by atoms with Gasteiger partial charge in [0, 0.05) is 70.9 Å². The van der Waals surface area contributed by atoms with Crippen LogP contribution in [0, 0.1) is 19.1 Å². The third kappa shape index (κ3) is 12.8. The van der Waals surface area contributed by atoms with E-state index >= 15 is 0 Å². The zero-order chi connectivity index (χ0) is 28.5. The fraction of sp³-hybridized carbons (Fsp3) is 0.808. The summed E-state index contributed by atoms with van der Waals surface area (Å²) in [4.78, 5) is 33.2. The van der Waals surface area contributed by atoms with Crippen molar-refractivity contribution in [2.45, 2.75) is 90.5 Å². The minimum Gasteiger partial charge on any atom is -0.447 e. The van der Waals surface area contributed by atoms with Gasteiger partial charge in [0.15, 0.2) is 0 Å². The molecule has 0 aromatic carbocycles. The Balaban J connectivity index is 0.000000300. The first-order valence-electron chi connectivity index (χ1n) is 13.4. The highest BCUT2D eigenvalue weighted by Crippen LogP contribution is 2.18. The fourth-order valence-corrected chi connectivity index (χ4v) is 4.11. The Morgan fingerprint density at radius 1 is 0.842 bits per heavy atom. The molecule has 3 saturated heterocycles. The number of amidine groups is 1. The topological polar surface area (TPSA) is 138 Å². The number of nitrogens with one attached hydrogen (secondary N) is 1. The molecule has 0 atom stereocenters. The molecule has 4 N–H and O–H groups in total. The van der Waals surface area contributed by atoms with E-state index in [-0.39, 0.29) is 42.2 Å². The molecule has 0 spiro atoms. The minimum atomic E-state index is -0.284. The number of oxime groups is 1. The van der Waals surface area contributed by atoms with Gasteiger partial charge in [0.25, 0.3) is 0 Å². The Bertz CT molecular complexity index is 815. The van der Waals surface area contributed by atoms with Crippen molar-refractivity contribution in [3.63, 3.8) is 0 Å². The van der Waals surface area contributed by atoms with Crippen molar-refractivity contribution in [3.05, 3.63) is 22.8 Å². The predicted octanol–water partition coefficient (Wildman–Crippen LogP) is 3.56. The van der Waals surface area contributed by atoms with E-state index in [9.17, 15) is 9.59 Å².